The Morgan fingerprint density at radius 3 is 2.33 bits per heavy atom. The molecule has 0 amide bonds. The zero-order valence-corrected chi connectivity index (χ0v) is 32.0. The van der Waals surface area contributed by atoms with Crippen LogP contribution in [0.15, 0.2) is 67.0 Å². The van der Waals surface area contributed by atoms with E-state index in [-0.39, 0.29) is 33.4 Å². The summed E-state index contributed by atoms with van der Waals surface area (Å²) in [7, 11) is 5.00. The molecule has 1 N–H and O–H groups in total. The van der Waals surface area contributed by atoms with Crippen molar-refractivity contribution in [1.82, 2.24) is 9.80 Å². The predicted molar refractivity (Wildman–Crippen MR) is 201 cm³/mol. The lowest BCUT2D eigenvalue weighted by atomic mass is 9.81. The highest BCUT2D eigenvalue weighted by Gasteiger charge is 2.43. The third-order valence-corrected chi connectivity index (χ3v) is 12.2. The molecular weight excluding hydrogens is 725 g/mol. The molecule has 0 aliphatic carbocycles. The van der Waals surface area contributed by atoms with Crippen molar-refractivity contribution in [3.8, 4) is 11.5 Å². The highest BCUT2D eigenvalue weighted by atomic mass is 35.5. The number of hydrogen-bond donors (Lipinski definition) is 1. The summed E-state index contributed by atoms with van der Waals surface area (Å²) in [5, 5.41) is 22.9. The molecule has 3 saturated heterocycles. The summed E-state index contributed by atoms with van der Waals surface area (Å²) in [5.74, 6) is -0.488. The lowest BCUT2D eigenvalue weighted by Crippen LogP contribution is -2.54. The number of benzene rings is 2. The first-order valence-corrected chi connectivity index (χ1v) is 18.8. The van der Waals surface area contributed by atoms with Gasteiger partial charge in [0, 0.05) is 36.0 Å². The maximum Gasteiger partial charge on any atom is 0.346 e. The number of ether oxygens (including phenoxy) is 3. The molecule has 10 nitrogen and oxygen atoms in total. The van der Waals surface area contributed by atoms with Crippen LogP contribution >= 0.6 is 34.5 Å². The van der Waals surface area contributed by atoms with Gasteiger partial charge in [-0.25, -0.2) is 4.79 Å². The summed E-state index contributed by atoms with van der Waals surface area (Å²) < 4.78 is 17.9. The molecule has 3 atom stereocenters. The van der Waals surface area contributed by atoms with Gasteiger partial charge in [-0.2, -0.15) is 4.73 Å². The Bertz CT molecular complexity index is 1890. The van der Waals surface area contributed by atoms with Gasteiger partial charge >= 0.3 is 11.9 Å². The van der Waals surface area contributed by atoms with Crippen molar-refractivity contribution in [1.29, 1.82) is 0 Å². The van der Waals surface area contributed by atoms with Crippen LogP contribution in [-0.4, -0.2) is 80.4 Å². The van der Waals surface area contributed by atoms with Crippen molar-refractivity contribution in [3.63, 3.8) is 0 Å². The molecule has 13 heteroatoms. The summed E-state index contributed by atoms with van der Waals surface area (Å²) in [5.41, 5.74) is 1.70. The summed E-state index contributed by atoms with van der Waals surface area (Å²) in [6.45, 7) is 5.52. The van der Waals surface area contributed by atoms with Crippen molar-refractivity contribution >= 4 is 46.5 Å². The molecule has 7 rings (SSSR count). The Morgan fingerprint density at radius 1 is 1.06 bits per heavy atom. The average molecular weight is 769 g/mol. The number of nitrogens with zero attached hydrogens (tertiary/aromatic N) is 3. The zero-order valence-electron chi connectivity index (χ0n) is 29.6. The number of esters is 1. The number of methoxy groups -OCH3 is 2. The SMILES string of the molecule is COc1ccc([C@H](Cc2c(Cl)c[n+]([O-])cc2Cl)c2cc(CN(C)CC(C)(C(=O)O[C@H]3CN4CCC3CC4)c3ccccc3)sc2C(=O)O)cc1OC. The van der Waals surface area contributed by atoms with Crippen molar-refractivity contribution in [2.24, 2.45) is 5.92 Å². The van der Waals surface area contributed by atoms with E-state index in [0.29, 0.717) is 46.4 Å². The number of aromatic nitrogens is 1. The standard InChI is InChI=1S/C39H43Cl2N3O7S/c1-39(26-8-6-5-7-9-26,38(47)51-35-22-43-14-12-24(35)13-15-43)23-42(2)19-27-17-29(36(52-27)37(45)46)28(18-30-31(40)20-44(48)21-32(30)41)25-10-11-33(49-3)34(16-25)50-4/h5-11,16-17,20-21,24,28,35H,12-15,18-19,22-23H2,1-4H3,(H,45,46)/t28-,35-,39?/m0/s1. The Kier molecular flexibility index (Phi) is 11.7. The van der Waals surface area contributed by atoms with Gasteiger partial charge in [-0.15, -0.1) is 11.3 Å². The molecular formula is C39H43Cl2N3O7S. The van der Waals surface area contributed by atoms with Crippen LogP contribution < -0.4 is 14.2 Å². The summed E-state index contributed by atoms with van der Waals surface area (Å²) >= 11 is 14.3. The van der Waals surface area contributed by atoms with Crippen LogP contribution in [0.25, 0.3) is 0 Å². The normalized spacial score (nSPS) is 19.9. The van der Waals surface area contributed by atoms with Crippen LogP contribution in [0.1, 0.15) is 62.5 Å². The number of carboxylic acid groups (broad SMARTS) is 1. The fraction of sp³-hybridized carbons (Fsp3) is 0.410. The van der Waals surface area contributed by atoms with Crippen molar-refractivity contribution < 1.29 is 33.6 Å². The van der Waals surface area contributed by atoms with E-state index < -0.39 is 17.3 Å². The average Bonchev–Trinajstić information content (AvgIpc) is 3.55. The lowest BCUT2D eigenvalue weighted by Gasteiger charge is -2.45. The quantitative estimate of drug-likeness (QED) is 0.0840. The van der Waals surface area contributed by atoms with E-state index >= 15 is 0 Å². The summed E-state index contributed by atoms with van der Waals surface area (Å²) in [4.78, 5) is 32.3. The van der Waals surface area contributed by atoms with E-state index in [1.54, 1.807) is 13.2 Å². The molecule has 52 heavy (non-hydrogen) atoms. The third-order valence-electron chi connectivity index (χ3n) is 10.4. The fourth-order valence-electron chi connectivity index (χ4n) is 7.62. The van der Waals surface area contributed by atoms with Gasteiger partial charge < -0.3 is 24.5 Å². The predicted octanol–water partition coefficient (Wildman–Crippen LogP) is 6.81. The first-order chi connectivity index (χ1) is 24.9. The number of piperidine rings is 3. The number of hydrogen-bond acceptors (Lipinski definition) is 9. The van der Waals surface area contributed by atoms with Gasteiger partial charge in [0.25, 0.3) is 0 Å². The molecule has 0 radical (unpaired) electrons. The number of fused-ring (bicyclic) bond motifs is 3. The molecule has 0 saturated carbocycles. The number of carboxylic acids is 1. The number of halogens is 2. The summed E-state index contributed by atoms with van der Waals surface area (Å²) in [6.07, 6.45) is 4.62. The van der Waals surface area contributed by atoms with Gasteiger partial charge in [-0.1, -0.05) is 59.6 Å². The monoisotopic (exact) mass is 767 g/mol. The van der Waals surface area contributed by atoms with Crippen LogP contribution in [0.5, 0.6) is 11.5 Å². The molecule has 2 aromatic heterocycles. The van der Waals surface area contributed by atoms with E-state index in [1.165, 1.54) is 30.8 Å². The first kappa shape index (κ1) is 37.9. The Morgan fingerprint density at radius 2 is 1.73 bits per heavy atom. The van der Waals surface area contributed by atoms with Gasteiger partial charge in [0.1, 0.15) is 26.4 Å². The van der Waals surface area contributed by atoms with Crippen LogP contribution in [0.4, 0.5) is 0 Å². The zero-order chi connectivity index (χ0) is 37.2. The number of likely N-dealkylation sites (N-methyl/N-ethyl adjacent to an activating group) is 1. The van der Waals surface area contributed by atoms with Crippen LogP contribution in [0.3, 0.4) is 0 Å². The van der Waals surface area contributed by atoms with Crippen molar-refractivity contribution in [2.75, 3.05) is 47.4 Å². The maximum atomic E-state index is 14.1. The highest BCUT2D eigenvalue weighted by molar-refractivity contribution is 7.14. The van der Waals surface area contributed by atoms with Crippen LogP contribution in [-0.2, 0) is 27.9 Å². The van der Waals surface area contributed by atoms with E-state index in [9.17, 15) is 19.9 Å². The van der Waals surface area contributed by atoms with Crippen LogP contribution in [0.2, 0.25) is 10.0 Å². The number of carbonyl (C=O) groups excluding carboxylic acids is 1. The van der Waals surface area contributed by atoms with Gasteiger partial charge in [0.2, 0.25) is 0 Å². The molecule has 2 bridgehead atoms. The second-order valence-corrected chi connectivity index (χ2v) is 15.9. The largest absolute Gasteiger partial charge is 0.619 e. The number of rotatable bonds is 14. The number of thiophene rings is 1. The molecule has 0 spiro atoms. The number of carbonyl (C=O) groups is 2. The highest BCUT2D eigenvalue weighted by Crippen LogP contribution is 2.41. The van der Waals surface area contributed by atoms with Gasteiger partial charge in [0.05, 0.1) is 14.2 Å². The fourth-order valence-corrected chi connectivity index (χ4v) is 9.36. The minimum absolute atomic E-state index is 0.125. The Labute approximate surface area is 318 Å². The molecule has 1 unspecified atom stereocenters. The van der Waals surface area contributed by atoms with Crippen LogP contribution in [0, 0.1) is 11.1 Å². The van der Waals surface area contributed by atoms with E-state index in [0.717, 1.165) is 48.5 Å². The van der Waals surface area contributed by atoms with E-state index in [1.807, 2.05) is 67.4 Å². The van der Waals surface area contributed by atoms with Crippen molar-refractivity contribution in [3.05, 3.63) is 114 Å². The Hall–Kier alpha value is -3.87. The molecule has 276 valence electrons. The van der Waals surface area contributed by atoms with Gasteiger partial charge in [-0.3, -0.25) is 14.6 Å². The lowest BCUT2D eigenvalue weighted by molar-refractivity contribution is -0.605. The molecule has 5 heterocycles. The smallest absolute Gasteiger partial charge is 0.346 e. The van der Waals surface area contributed by atoms with Gasteiger partial charge in [0.15, 0.2) is 23.9 Å². The first-order valence-electron chi connectivity index (χ1n) is 17.2. The minimum atomic E-state index is -1.07. The van der Waals surface area contributed by atoms with Gasteiger partial charge in [-0.05, 0) is 87.1 Å². The molecule has 3 aliphatic rings. The molecule has 3 aliphatic heterocycles. The second kappa shape index (κ2) is 16.0. The molecule has 4 aromatic rings. The summed E-state index contributed by atoms with van der Waals surface area (Å²) in [6, 6.07) is 17.0. The second-order valence-electron chi connectivity index (χ2n) is 13.9. The molecule has 3 fully saturated rings. The third kappa shape index (κ3) is 8.04. The Balaban J connectivity index is 1.32. The number of aromatic carboxylic acids is 1. The molecule has 2 aromatic carbocycles. The van der Waals surface area contributed by atoms with Crippen molar-refractivity contribution in [2.45, 2.75) is 50.2 Å². The topological polar surface area (TPSA) is 115 Å². The minimum Gasteiger partial charge on any atom is -0.619 e. The van der Waals surface area contributed by atoms with E-state index in [4.69, 9.17) is 37.4 Å². The number of pyridine rings is 1. The van der Waals surface area contributed by atoms with E-state index in [2.05, 4.69) is 4.90 Å². The maximum absolute atomic E-state index is 14.1.